The minimum Gasteiger partial charge on any atom is -0.242 e. The van der Waals surface area contributed by atoms with Gasteiger partial charge in [0, 0.05) is 19.1 Å². The van der Waals surface area contributed by atoms with Crippen LogP contribution in [0.1, 0.15) is 34.1 Å². The first-order valence-electron chi connectivity index (χ1n) is 4.47. The summed E-state index contributed by atoms with van der Waals surface area (Å²) in [6.07, 6.45) is 1.16. The molecule has 0 aromatic rings. The van der Waals surface area contributed by atoms with E-state index in [0.717, 1.165) is 19.5 Å². The highest BCUT2D eigenvalue weighted by atomic mass is 15.7. The average Bonchev–Trinajstić information content (AvgIpc) is 1.87. The van der Waals surface area contributed by atoms with Gasteiger partial charge in [0.05, 0.1) is 0 Å². The maximum Gasteiger partial charge on any atom is 0.0285 e. The standard InChI is InChI=1S/C8H21N3/c1-5-7-11(9-6-2)10-8(3)4/h8-10H,5-7H2,1-4H3. The van der Waals surface area contributed by atoms with Crippen molar-refractivity contribution in [2.75, 3.05) is 13.1 Å². The van der Waals surface area contributed by atoms with Gasteiger partial charge in [0.2, 0.25) is 0 Å². The van der Waals surface area contributed by atoms with Crippen LogP contribution in [-0.2, 0) is 0 Å². The summed E-state index contributed by atoms with van der Waals surface area (Å²) in [7, 11) is 0. The highest BCUT2D eigenvalue weighted by Crippen LogP contribution is 1.84. The number of nitrogens with one attached hydrogen (secondary N) is 2. The van der Waals surface area contributed by atoms with Gasteiger partial charge >= 0.3 is 0 Å². The van der Waals surface area contributed by atoms with Crippen molar-refractivity contribution < 1.29 is 0 Å². The molecule has 2 N–H and O–H groups in total. The predicted octanol–water partition coefficient (Wildman–Crippen LogP) is 1.14. The Balaban J connectivity index is 3.50. The minimum atomic E-state index is 0.501. The van der Waals surface area contributed by atoms with E-state index in [1.54, 1.807) is 0 Å². The van der Waals surface area contributed by atoms with Gasteiger partial charge in [-0.15, -0.1) is 0 Å². The molecule has 0 rings (SSSR count). The third-order valence-corrected chi connectivity index (χ3v) is 1.21. The highest BCUT2D eigenvalue weighted by Gasteiger charge is 2.01. The van der Waals surface area contributed by atoms with Crippen molar-refractivity contribution in [3.05, 3.63) is 0 Å². The van der Waals surface area contributed by atoms with Crippen LogP contribution in [0.25, 0.3) is 0 Å². The molecule has 11 heavy (non-hydrogen) atoms. The summed E-state index contributed by atoms with van der Waals surface area (Å²) in [5.41, 5.74) is 6.54. The zero-order chi connectivity index (χ0) is 8.69. The topological polar surface area (TPSA) is 27.3 Å². The van der Waals surface area contributed by atoms with Crippen LogP contribution in [0.2, 0.25) is 0 Å². The zero-order valence-corrected chi connectivity index (χ0v) is 8.15. The van der Waals surface area contributed by atoms with E-state index in [4.69, 9.17) is 0 Å². The van der Waals surface area contributed by atoms with Gasteiger partial charge in [-0.3, -0.25) is 0 Å². The molecule has 0 saturated heterocycles. The summed E-state index contributed by atoms with van der Waals surface area (Å²) in [4.78, 5) is 0. The van der Waals surface area contributed by atoms with Gasteiger partial charge in [0.25, 0.3) is 0 Å². The Kier molecular flexibility index (Phi) is 6.51. The Labute approximate surface area is 70.1 Å². The predicted molar refractivity (Wildman–Crippen MR) is 48.9 cm³/mol. The molecule has 0 spiro atoms. The van der Waals surface area contributed by atoms with Crippen LogP contribution in [0.5, 0.6) is 0 Å². The fraction of sp³-hybridized carbons (Fsp3) is 1.00. The van der Waals surface area contributed by atoms with Crippen molar-refractivity contribution in [1.29, 1.82) is 0 Å². The summed E-state index contributed by atoms with van der Waals surface area (Å²) >= 11 is 0. The molecule has 0 atom stereocenters. The Morgan fingerprint density at radius 1 is 1.27 bits per heavy atom. The molecule has 0 aliphatic carbocycles. The van der Waals surface area contributed by atoms with Crippen molar-refractivity contribution in [2.45, 2.75) is 40.2 Å². The van der Waals surface area contributed by atoms with Gasteiger partial charge in [-0.2, -0.15) is 5.12 Å². The monoisotopic (exact) mass is 159 g/mol. The summed E-state index contributed by atoms with van der Waals surface area (Å²) in [6.45, 7) is 10.6. The molecule has 0 radical (unpaired) electrons. The van der Waals surface area contributed by atoms with Gasteiger partial charge in [-0.25, -0.2) is 10.9 Å². The number of rotatable bonds is 6. The molecule has 0 amide bonds. The molecule has 0 fully saturated rings. The molecule has 0 aliphatic rings. The van der Waals surface area contributed by atoms with Gasteiger partial charge < -0.3 is 0 Å². The summed E-state index contributed by atoms with van der Waals surface area (Å²) in [5, 5.41) is 2.06. The van der Waals surface area contributed by atoms with E-state index in [0.29, 0.717) is 6.04 Å². The van der Waals surface area contributed by atoms with E-state index in [1.807, 2.05) is 0 Å². The number of hydrogen-bond donors (Lipinski definition) is 2. The first-order valence-corrected chi connectivity index (χ1v) is 4.47. The average molecular weight is 159 g/mol. The Bertz CT molecular complexity index is 77.4. The smallest absolute Gasteiger partial charge is 0.0285 e. The van der Waals surface area contributed by atoms with Crippen molar-refractivity contribution in [2.24, 2.45) is 0 Å². The van der Waals surface area contributed by atoms with E-state index < -0.39 is 0 Å². The van der Waals surface area contributed by atoms with E-state index in [2.05, 4.69) is 43.7 Å². The minimum absolute atomic E-state index is 0.501. The van der Waals surface area contributed by atoms with Crippen molar-refractivity contribution in [1.82, 2.24) is 16.0 Å². The summed E-state index contributed by atoms with van der Waals surface area (Å²) < 4.78 is 0. The molecule has 0 heterocycles. The van der Waals surface area contributed by atoms with Crippen LogP contribution in [0.15, 0.2) is 0 Å². The van der Waals surface area contributed by atoms with E-state index in [-0.39, 0.29) is 0 Å². The zero-order valence-electron chi connectivity index (χ0n) is 8.15. The SMILES string of the molecule is CCCN(NCC)NC(C)C. The van der Waals surface area contributed by atoms with Crippen LogP contribution >= 0.6 is 0 Å². The van der Waals surface area contributed by atoms with Gasteiger partial charge in [-0.05, 0) is 20.3 Å². The molecule has 0 aliphatic heterocycles. The molecule has 3 nitrogen and oxygen atoms in total. The number of nitrogens with zero attached hydrogens (tertiary/aromatic N) is 1. The van der Waals surface area contributed by atoms with Crippen LogP contribution < -0.4 is 10.9 Å². The molecular weight excluding hydrogens is 138 g/mol. The van der Waals surface area contributed by atoms with Crippen molar-refractivity contribution in [3.63, 3.8) is 0 Å². The second kappa shape index (κ2) is 6.58. The molecule has 0 aromatic heterocycles. The third-order valence-electron chi connectivity index (χ3n) is 1.21. The highest BCUT2D eigenvalue weighted by molar-refractivity contribution is 4.49. The van der Waals surface area contributed by atoms with Crippen LogP contribution in [0, 0.1) is 0 Å². The maximum absolute atomic E-state index is 3.30. The second-order valence-electron chi connectivity index (χ2n) is 2.95. The third kappa shape index (κ3) is 6.28. The lowest BCUT2D eigenvalue weighted by Gasteiger charge is -2.25. The number of hydrazine groups is 2. The molecule has 0 saturated carbocycles. The first-order chi connectivity index (χ1) is 5.20. The van der Waals surface area contributed by atoms with Crippen molar-refractivity contribution >= 4 is 0 Å². The fourth-order valence-electron chi connectivity index (χ4n) is 0.915. The Morgan fingerprint density at radius 2 is 1.91 bits per heavy atom. The van der Waals surface area contributed by atoms with E-state index in [1.165, 1.54) is 0 Å². The molecule has 0 aromatic carbocycles. The Hall–Kier alpha value is -0.120. The van der Waals surface area contributed by atoms with Crippen LogP contribution in [0.3, 0.4) is 0 Å². The molecule has 0 bridgehead atoms. The molecule has 68 valence electrons. The largest absolute Gasteiger partial charge is 0.242 e. The van der Waals surface area contributed by atoms with Gasteiger partial charge in [0.15, 0.2) is 0 Å². The van der Waals surface area contributed by atoms with Crippen molar-refractivity contribution in [3.8, 4) is 0 Å². The van der Waals surface area contributed by atoms with Gasteiger partial charge in [0.1, 0.15) is 0 Å². The normalized spacial score (nSPS) is 11.5. The number of hydrogen-bond acceptors (Lipinski definition) is 3. The molecular formula is C8H21N3. The molecule has 3 heteroatoms. The second-order valence-corrected chi connectivity index (χ2v) is 2.95. The fourth-order valence-corrected chi connectivity index (χ4v) is 0.915. The molecule has 0 unspecified atom stereocenters. The first kappa shape index (κ1) is 10.9. The Morgan fingerprint density at radius 3 is 2.27 bits per heavy atom. The van der Waals surface area contributed by atoms with E-state index >= 15 is 0 Å². The van der Waals surface area contributed by atoms with Crippen LogP contribution in [-0.4, -0.2) is 24.2 Å². The van der Waals surface area contributed by atoms with Crippen LogP contribution in [0.4, 0.5) is 0 Å². The lowest BCUT2D eigenvalue weighted by molar-refractivity contribution is 0.101. The van der Waals surface area contributed by atoms with E-state index in [9.17, 15) is 0 Å². The quantitative estimate of drug-likeness (QED) is 0.569. The van der Waals surface area contributed by atoms with Gasteiger partial charge in [-0.1, -0.05) is 13.8 Å². The maximum atomic E-state index is 3.30. The summed E-state index contributed by atoms with van der Waals surface area (Å²) in [5.74, 6) is 0. The lowest BCUT2D eigenvalue weighted by atomic mass is 10.4. The lowest BCUT2D eigenvalue weighted by Crippen LogP contribution is -2.51. The summed E-state index contributed by atoms with van der Waals surface area (Å²) in [6, 6.07) is 0.501.